The van der Waals surface area contributed by atoms with E-state index in [1.54, 1.807) is 0 Å². The van der Waals surface area contributed by atoms with E-state index >= 15 is 0 Å². The summed E-state index contributed by atoms with van der Waals surface area (Å²) in [7, 11) is 0. The minimum atomic E-state index is 0.567. The first-order valence-corrected chi connectivity index (χ1v) is 10.2. The Morgan fingerprint density at radius 1 is 1.11 bits per heavy atom. The molecule has 0 bridgehead atoms. The first kappa shape index (κ1) is 18.8. The summed E-state index contributed by atoms with van der Waals surface area (Å²) in [5, 5.41) is 0. The highest BCUT2D eigenvalue weighted by molar-refractivity contribution is 5.55. The lowest BCUT2D eigenvalue weighted by atomic mass is 10.2. The van der Waals surface area contributed by atoms with Crippen LogP contribution in [0.3, 0.4) is 0 Å². The predicted octanol–water partition coefficient (Wildman–Crippen LogP) is 5.26. The molecule has 0 radical (unpaired) electrons. The van der Waals surface area contributed by atoms with Gasteiger partial charge in [-0.3, -0.25) is 0 Å². The highest BCUT2D eigenvalue weighted by Gasteiger charge is 2.21. The molecule has 1 aliphatic rings. The van der Waals surface area contributed by atoms with Gasteiger partial charge in [-0.25, -0.2) is 4.98 Å². The zero-order valence-corrected chi connectivity index (χ0v) is 16.7. The number of nitrogens with zero attached hydrogens (tertiary/aromatic N) is 2. The molecule has 0 saturated carbocycles. The Hall–Kier alpha value is -2.59. The molecule has 1 aliphatic heterocycles. The Balaban J connectivity index is 1.37. The van der Waals surface area contributed by atoms with E-state index in [0.717, 1.165) is 41.3 Å². The van der Waals surface area contributed by atoms with Gasteiger partial charge in [0.15, 0.2) is 0 Å². The van der Waals surface area contributed by atoms with Crippen LogP contribution in [0.2, 0.25) is 0 Å². The molecule has 0 N–H and O–H groups in total. The Morgan fingerprint density at radius 3 is 2.61 bits per heavy atom. The van der Waals surface area contributed by atoms with Gasteiger partial charge in [-0.15, -0.1) is 0 Å². The fourth-order valence-electron chi connectivity index (χ4n) is 3.79. The van der Waals surface area contributed by atoms with Crippen LogP contribution in [0.4, 0.5) is 0 Å². The van der Waals surface area contributed by atoms with Crippen LogP contribution in [0.15, 0.2) is 59.0 Å². The number of likely N-dealkylation sites (tertiary alicyclic amines) is 1. The summed E-state index contributed by atoms with van der Waals surface area (Å²) in [6.07, 6.45) is 3.56. The number of ether oxygens (including phenoxy) is 1. The molecule has 1 aromatic heterocycles. The maximum absolute atomic E-state index is 5.94. The number of aromatic nitrogens is 1. The first-order chi connectivity index (χ1) is 13.7. The van der Waals surface area contributed by atoms with Crippen molar-refractivity contribution in [3.05, 3.63) is 71.6 Å². The highest BCUT2D eigenvalue weighted by atomic mass is 16.5. The van der Waals surface area contributed by atoms with Crippen molar-refractivity contribution in [3.63, 3.8) is 0 Å². The number of oxazole rings is 1. The smallest absolute Gasteiger partial charge is 0.226 e. The maximum Gasteiger partial charge on any atom is 0.226 e. The fraction of sp³-hybridized carbons (Fsp3) is 0.375. The number of aryl methyl sites for hydroxylation is 1. The molecule has 1 atom stereocenters. The molecular weight excluding hydrogens is 348 g/mol. The first-order valence-electron chi connectivity index (χ1n) is 10.2. The van der Waals surface area contributed by atoms with Crippen LogP contribution in [0.5, 0.6) is 5.75 Å². The van der Waals surface area contributed by atoms with Crippen molar-refractivity contribution in [1.29, 1.82) is 0 Å². The second-order valence-electron chi connectivity index (χ2n) is 7.60. The second kappa shape index (κ2) is 8.61. The summed E-state index contributed by atoms with van der Waals surface area (Å²) in [6.45, 7) is 7.15. The zero-order valence-electron chi connectivity index (χ0n) is 16.7. The summed E-state index contributed by atoms with van der Waals surface area (Å²) in [5.41, 5.74) is 3.21. The summed E-state index contributed by atoms with van der Waals surface area (Å²) in [6, 6.07) is 18.8. The van der Waals surface area contributed by atoms with Crippen molar-refractivity contribution in [2.45, 2.75) is 45.8 Å². The zero-order chi connectivity index (χ0) is 19.3. The summed E-state index contributed by atoms with van der Waals surface area (Å²) < 4.78 is 11.8. The molecule has 4 rings (SSSR count). The van der Waals surface area contributed by atoms with E-state index in [2.05, 4.69) is 24.0 Å². The van der Waals surface area contributed by atoms with Crippen molar-refractivity contribution < 1.29 is 9.15 Å². The third-order valence-corrected chi connectivity index (χ3v) is 5.57. The summed E-state index contributed by atoms with van der Waals surface area (Å²) >= 11 is 0. The number of hydrogen-bond donors (Lipinski definition) is 0. The molecule has 28 heavy (non-hydrogen) atoms. The van der Waals surface area contributed by atoms with Crippen molar-refractivity contribution >= 4 is 0 Å². The second-order valence-corrected chi connectivity index (χ2v) is 7.60. The molecule has 3 aromatic rings. The molecule has 1 saturated heterocycles. The molecule has 1 fully saturated rings. The van der Waals surface area contributed by atoms with Crippen molar-refractivity contribution in [2.24, 2.45) is 0 Å². The number of hydrogen-bond acceptors (Lipinski definition) is 4. The van der Waals surface area contributed by atoms with E-state index in [1.165, 1.54) is 19.4 Å². The van der Waals surface area contributed by atoms with E-state index < -0.39 is 0 Å². The monoisotopic (exact) mass is 376 g/mol. The Morgan fingerprint density at radius 2 is 1.89 bits per heavy atom. The molecule has 0 aliphatic carbocycles. The van der Waals surface area contributed by atoms with Gasteiger partial charge < -0.3 is 14.1 Å². The molecule has 4 heteroatoms. The molecule has 146 valence electrons. The summed E-state index contributed by atoms with van der Waals surface area (Å²) in [4.78, 5) is 7.30. The maximum atomic E-state index is 5.94. The molecule has 2 heterocycles. The average Bonchev–Trinajstić information content (AvgIpc) is 3.31. The molecule has 0 amide bonds. The van der Waals surface area contributed by atoms with Crippen LogP contribution in [0, 0.1) is 6.92 Å². The van der Waals surface area contributed by atoms with Crippen molar-refractivity contribution in [2.75, 3.05) is 13.1 Å². The summed E-state index contributed by atoms with van der Waals surface area (Å²) in [5.74, 6) is 2.46. The SMILES string of the molecule is Cc1oc(-c2ccc(OCc3ccccc3)cc2)nc1CCN1CCCC1C. The normalized spacial score (nSPS) is 17.1. The third kappa shape index (κ3) is 4.45. The van der Waals surface area contributed by atoms with Crippen LogP contribution in [0.1, 0.15) is 36.8 Å². The van der Waals surface area contributed by atoms with Crippen LogP contribution in [-0.4, -0.2) is 29.0 Å². The highest BCUT2D eigenvalue weighted by Crippen LogP contribution is 2.25. The lowest BCUT2D eigenvalue weighted by molar-refractivity contribution is 0.271. The topological polar surface area (TPSA) is 38.5 Å². The fourth-order valence-corrected chi connectivity index (χ4v) is 3.79. The van der Waals surface area contributed by atoms with Gasteiger partial charge in [-0.05, 0) is 63.1 Å². The third-order valence-electron chi connectivity index (χ3n) is 5.57. The average molecular weight is 377 g/mol. The Labute approximate surface area is 167 Å². The van der Waals surface area contributed by atoms with Gasteiger partial charge in [0.2, 0.25) is 5.89 Å². The lowest BCUT2D eigenvalue weighted by Gasteiger charge is -2.20. The lowest BCUT2D eigenvalue weighted by Crippen LogP contribution is -2.29. The largest absolute Gasteiger partial charge is 0.489 e. The number of benzene rings is 2. The van der Waals surface area contributed by atoms with Crippen molar-refractivity contribution in [3.8, 4) is 17.2 Å². The van der Waals surface area contributed by atoms with Gasteiger partial charge >= 0.3 is 0 Å². The van der Waals surface area contributed by atoms with E-state index in [1.807, 2.05) is 49.4 Å². The van der Waals surface area contributed by atoms with E-state index in [0.29, 0.717) is 18.5 Å². The van der Waals surface area contributed by atoms with Gasteiger partial charge in [-0.1, -0.05) is 30.3 Å². The molecule has 4 nitrogen and oxygen atoms in total. The predicted molar refractivity (Wildman–Crippen MR) is 111 cm³/mol. The van der Waals surface area contributed by atoms with E-state index in [4.69, 9.17) is 14.1 Å². The van der Waals surface area contributed by atoms with Crippen LogP contribution < -0.4 is 4.74 Å². The standard InChI is InChI=1S/C24H28N2O2/c1-18-7-6-15-26(18)16-14-23-19(2)28-24(25-23)21-10-12-22(13-11-21)27-17-20-8-4-3-5-9-20/h3-5,8-13,18H,6-7,14-17H2,1-2H3. The van der Waals surface area contributed by atoms with Gasteiger partial charge in [0, 0.05) is 24.6 Å². The van der Waals surface area contributed by atoms with Gasteiger partial charge in [-0.2, -0.15) is 0 Å². The van der Waals surface area contributed by atoms with E-state index in [9.17, 15) is 0 Å². The Kier molecular flexibility index (Phi) is 5.77. The van der Waals surface area contributed by atoms with Crippen LogP contribution in [-0.2, 0) is 13.0 Å². The minimum absolute atomic E-state index is 0.567. The van der Waals surface area contributed by atoms with E-state index in [-0.39, 0.29) is 0 Å². The number of rotatable bonds is 7. The van der Waals surface area contributed by atoms with Crippen LogP contribution in [0.25, 0.3) is 11.5 Å². The quantitative estimate of drug-likeness (QED) is 0.564. The van der Waals surface area contributed by atoms with Crippen molar-refractivity contribution in [1.82, 2.24) is 9.88 Å². The molecule has 1 unspecified atom stereocenters. The van der Waals surface area contributed by atoms with Gasteiger partial charge in [0.1, 0.15) is 18.1 Å². The minimum Gasteiger partial charge on any atom is -0.489 e. The van der Waals surface area contributed by atoms with Crippen LogP contribution >= 0.6 is 0 Å². The molecule has 2 aromatic carbocycles. The molecule has 0 spiro atoms. The molecular formula is C24H28N2O2. The van der Waals surface area contributed by atoms with Gasteiger partial charge in [0.05, 0.1) is 5.69 Å². The Bertz CT molecular complexity index is 887. The van der Waals surface area contributed by atoms with Gasteiger partial charge in [0.25, 0.3) is 0 Å².